The number of aromatic carboxylic acids is 1. The second-order valence-corrected chi connectivity index (χ2v) is 9.93. The number of nitrogens with one attached hydrogen (secondary N) is 1. The van der Waals surface area contributed by atoms with E-state index in [0.717, 1.165) is 30.6 Å². The highest BCUT2D eigenvalue weighted by Crippen LogP contribution is 2.57. The third kappa shape index (κ3) is 2.59. The molecule has 1 saturated heterocycles. The highest BCUT2D eigenvalue weighted by molar-refractivity contribution is 5.87. The number of nitrogens with zero attached hydrogens (tertiary/aromatic N) is 1. The van der Waals surface area contributed by atoms with Crippen LogP contribution in [0.5, 0.6) is 5.75 Å². The number of aromatic hydroxyl groups is 1. The summed E-state index contributed by atoms with van der Waals surface area (Å²) in [7, 11) is 0. The fraction of sp³-hybridized carbons (Fsp3) is 0.500. The van der Waals surface area contributed by atoms with E-state index < -0.39 is 22.5 Å². The van der Waals surface area contributed by atoms with Gasteiger partial charge in [-0.05, 0) is 73.0 Å². The molecule has 2 bridgehead atoms. The first-order valence-corrected chi connectivity index (χ1v) is 11.1. The molecule has 3 aliphatic carbocycles. The molecule has 3 atom stereocenters. The van der Waals surface area contributed by atoms with Gasteiger partial charge in [0.05, 0.1) is 5.60 Å². The number of pyridine rings is 1. The van der Waals surface area contributed by atoms with Crippen molar-refractivity contribution in [2.45, 2.75) is 55.6 Å². The smallest absolute Gasteiger partial charge is 0.341 e. The molecule has 4 aliphatic rings. The van der Waals surface area contributed by atoms with Gasteiger partial charge in [0.25, 0.3) is 5.56 Å². The standard InChI is InChI=1S/C24H26N2O5/c27-16-4-3-14-8-20-24(31)10-15-7-17(22(29)30)21(28)25-19(15)11-23(24,18(14)9-16)5-6-26(20)12-13-1-2-13/h3-4,7,9,13,20,27,31H,1-2,5-6,8,10-12H2,(H,25,28)(H,29,30)/t20-,23-,24-/m1/s1. The number of hydrogen-bond donors (Lipinski definition) is 4. The van der Waals surface area contributed by atoms with E-state index in [2.05, 4.69) is 9.88 Å². The quantitative estimate of drug-likeness (QED) is 0.597. The molecule has 1 aromatic carbocycles. The Balaban J connectivity index is 1.55. The molecule has 0 unspecified atom stereocenters. The molecule has 4 N–H and O–H groups in total. The molecule has 2 fully saturated rings. The van der Waals surface area contributed by atoms with Crippen molar-refractivity contribution in [3.8, 4) is 5.75 Å². The van der Waals surface area contributed by atoms with Crippen LogP contribution >= 0.6 is 0 Å². The third-order valence-electron chi connectivity index (χ3n) is 8.24. The Morgan fingerprint density at radius 3 is 2.74 bits per heavy atom. The molecule has 162 valence electrons. The van der Waals surface area contributed by atoms with E-state index in [0.29, 0.717) is 36.4 Å². The summed E-state index contributed by atoms with van der Waals surface area (Å²) >= 11 is 0. The van der Waals surface area contributed by atoms with Gasteiger partial charge in [0.15, 0.2) is 0 Å². The van der Waals surface area contributed by atoms with Crippen molar-refractivity contribution in [2.75, 3.05) is 13.1 Å². The van der Waals surface area contributed by atoms with Crippen LogP contribution in [-0.4, -0.2) is 55.9 Å². The second kappa shape index (κ2) is 6.20. The van der Waals surface area contributed by atoms with Crippen LogP contribution < -0.4 is 5.56 Å². The monoisotopic (exact) mass is 422 g/mol. The van der Waals surface area contributed by atoms with Crippen LogP contribution in [0.4, 0.5) is 0 Å². The number of H-pyrrole nitrogens is 1. The average Bonchev–Trinajstić information content (AvgIpc) is 3.53. The van der Waals surface area contributed by atoms with Crippen molar-refractivity contribution in [1.29, 1.82) is 0 Å². The maximum absolute atomic E-state index is 12.4. The first kappa shape index (κ1) is 19.1. The lowest BCUT2D eigenvalue weighted by atomic mass is 9.49. The molecular formula is C24H26N2O5. The number of carboxylic acid groups (broad SMARTS) is 1. The number of aliphatic hydroxyl groups is 1. The van der Waals surface area contributed by atoms with Crippen molar-refractivity contribution in [1.82, 2.24) is 9.88 Å². The summed E-state index contributed by atoms with van der Waals surface area (Å²) in [4.78, 5) is 29.1. The number of rotatable bonds is 3. The summed E-state index contributed by atoms with van der Waals surface area (Å²) in [5.74, 6) is -0.385. The van der Waals surface area contributed by atoms with Gasteiger partial charge in [0.1, 0.15) is 11.3 Å². The lowest BCUT2D eigenvalue weighted by Gasteiger charge is -2.63. The number of benzene rings is 1. The number of phenolic OH excluding ortho intramolecular Hbond substituents is 1. The molecule has 7 heteroatoms. The van der Waals surface area contributed by atoms with Crippen LogP contribution in [0.15, 0.2) is 29.1 Å². The highest BCUT2D eigenvalue weighted by atomic mass is 16.4. The van der Waals surface area contributed by atoms with Crippen molar-refractivity contribution in [3.05, 3.63) is 62.6 Å². The van der Waals surface area contributed by atoms with Gasteiger partial charge in [-0.15, -0.1) is 0 Å². The molecule has 0 radical (unpaired) electrons. The minimum atomic E-state index is -1.26. The molecule has 7 nitrogen and oxygen atoms in total. The van der Waals surface area contributed by atoms with Crippen LogP contribution in [0.1, 0.15) is 52.0 Å². The highest BCUT2D eigenvalue weighted by Gasteiger charge is 2.64. The zero-order chi connectivity index (χ0) is 21.5. The third-order valence-corrected chi connectivity index (χ3v) is 8.24. The van der Waals surface area contributed by atoms with Crippen molar-refractivity contribution in [2.24, 2.45) is 5.92 Å². The largest absolute Gasteiger partial charge is 0.508 e. The van der Waals surface area contributed by atoms with E-state index in [1.54, 1.807) is 12.1 Å². The molecule has 2 aromatic rings. The molecule has 0 spiro atoms. The van der Waals surface area contributed by atoms with Crippen LogP contribution in [-0.2, 0) is 24.7 Å². The van der Waals surface area contributed by atoms with Gasteiger partial charge >= 0.3 is 5.97 Å². The summed E-state index contributed by atoms with van der Waals surface area (Å²) < 4.78 is 0. The Bertz CT molecular complexity index is 1170. The normalized spacial score (nSPS) is 31.5. The van der Waals surface area contributed by atoms with E-state index in [1.165, 1.54) is 18.9 Å². The number of hydrogen-bond acceptors (Lipinski definition) is 5. The predicted octanol–water partition coefficient (Wildman–Crippen LogP) is 1.59. The number of likely N-dealkylation sites (tertiary alicyclic amines) is 1. The zero-order valence-electron chi connectivity index (χ0n) is 17.2. The Morgan fingerprint density at radius 2 is 2.00 bits per heavy atom. The Labute approximate surface area is 179 Å². The molecule has 1 aromatic heterocycles. The molecular weight excluding hydrogens is 396 g/mol. The Hall–Kier alpha value is -2.64. The van der Waals surface area contributed by atoms with Gasteiger partial charge in [-0.1, -0.05) is 6.07 Å². The fourth-order valence-electron chi connectivity index (χ4n) is 6.54. The van der Waals surface area contributed by atoms with Crippen LogP contribution in [0.25, 0.3) is 0 Å². The van der Waals surface area contributed by atoms with Gasteiger partial charge in [0.2, 0.25) is 0 Å². The summed E-state index contributed by atoms with van der Waals surface area (Å²) in [5, 5.41) is 32.1. The maximum Gasteiger partial charge on any atom is 0.341 e. The molecule has 6 rings (SSSR count). The number of aromatic amines is 1. The first-order chi connectivity index (χ1) is 14.8. The number of aromatic nitrogens is 1. The minimum Gasteiger partial charge on any atom is -0.508 e. The number of fused-ring (bicyclic) bond motifs is 2. The summed E-state index contributed by atoms with van der Waals surface area (Å²) in [5.41, 5.74) is 0.899. The molecule has 1 saturated carbocycles. The molecule has 31 heavy (non-hydrogen) atoms. The number of carboxylic acids is 1. The van der Waals surface area contributed by atoms with E-state index in [-0.39, 0.29) is 17.4 Å². The molecule has 0 amide bonds. The topological polar surface area (TPSA) is 114 Å². The SMILES string of the molecule is O=C(O)c1cc2c([nH]c1=O)C[C@]13CCN(CC4CC4)[C@H](Cc4ccc(O)cc41)[C@]3(O)C2. The Morgan fingerprint density at radius 1 is 1.19 bits per heavy atom. The fourth-order valence-corrected chi connectivity index (χ4v) is 6.54. The maximum atomic E-state index is 12.4. The van der Waals surface area contributed by atoms with E-state index in [1.807, 2.05) is 6.07 Å². The lowest BCUT2D eigenvalue weighted by molar-refractivity contribution is -0.152. The number of phenols is 1. The van der Waals surface area contributed by atoms with Crippen LogP contribution in [0.3, 0.4) is 0 Å². The lowest BCUT2D eigenvalue weighted by Crippen LogP contribution is -2.74. The molecule has 2 heterocycles. The van der Waals surface area contributed by atoms with Gasteiger partial charge < -0.3 is 20.3 Å². The van der Waals surface area contributed by atoms with Gasteiger partial charge in [-0.25, -0.2) is 4.79 Å². The van der Waals surface area contributed by atoms with Gasteiger partial charge in [-0.2, -0.15) is 0 Å². The van der Waals surface area contributed by atoms with Crippen LogP contribution in [0, 0.1) is 5.92 Å². The minimum absolute atomic E-state index is 0.0766. The van der Waals surface area contributed by atoms with Crippen molar-refractivity contribution < 1.29 is 20.1 Å². The van der Waals surface area contributed by atoms with Crippen molar-refractivity contribution in [3.63, 3.8) is 0 Å². The number of piperidine rings is 1. The Kier molecular flexibility index (Phi) is 3.82. The predicted molar refractivity (Wildman–Crippen MR) is 113 cm³/mol. The van der Waals surface area contributed by atoms with Crippen molar-refractivity contribution >= 4 is 5.97 Å². The van der Waals surface area contributed by atoms with Gasteiger partial charge in [0, 0.05) is 36.5 Å². The molecule has 1 aliphatic heterocycles. The summed E-state index contributed by atoms with van der Waals surface area (Å²) in [6.45, 7) is 1.85. The summed E-state index contributed by atoms with van der Waals surface area (Å²) in [6, 6.07) is 6.82. The van der Waals surface area contributed by atoms with Gasteiger partial charge in [-0.3, -0.25) is 9.69 Å². The average molecular weight is 422 g/mol. The summed E-state index contributed by atoms with van der Waals surface area (Å²) in [6.07, 6.45) is 4.63. The van der Waals surface area contributed by atoms with E-state index >= 15 is 0 Å². The van der Waals surface area contributed by atoms with Crippen LogP contribution in [0.2, 0.25) is 0 Å². The second-order valence-electron chi connectivity index (χ2n) is 9.93. The van der Waals surface area contributed by atoms with E-state index in [9.17, 15) is 24.9 Å². The van der Waals surface area contributed by atoms with E-state index in [4.69, 9.17) is 0 Å². The first-order valence-electron chi connectivity index (χ1n) is 11.1. The zero-order valence-corrected chi connectivity index (χ0v) is 17.2. The number of carbonyl (C=O) groups is 1.